The molecule has 0 aliphatic carbocycles. The Morgan fingerprint density at radius 2 is 1.81 bits per heavy atom. The number of nitrogens with zero attached hydrogens (tertiary/aromatic N) is 1. The highest BCUT2D eigenvalue weighted by molar-refractivity contribution is 5.90. The first-order chi connectivity index (χ1) is 15.2. The number of hydrogen-bond donors (Lipinski definition) is 1. The maximum absolute atomic E-state index is 12.0. The van der Waals surface area contributed by atoms with Crippen LogP contribution in [0, 0.1) is 0 Å². The third kappa shape index (κ3) is 4.14. The summed E-state index contributed by atoms with van der Waals surface area (Å²) >= 11 is 0. The SMILES string of the molecule is COc1ccc2oc(=O)cc(NC3CCN(Cc4cccc5ccccc45)CC3)c2c1. The molecule has 1 aliphatic heterocycles. The Kier molecular flexibility index (Phi) is 5.35. The van der Waals surface area contributed by atoms with Gasteiger partial charge in [-0.3, -0.25) is 4.90 Å². The number of methoxy groups -OCH3 is 1. The highest BCUT2D eigenvalue weighted by Crippen LogP contribution is 2.28. The number of ether oxygens (including phenoxy) is 1. The van der Waals surface area contributed by atoms with Crippen LogP contribution in [0.1, 0.15) is 18.4 Å². The van der Waals surface area contributed by atoms with Crippen molar-refractivity contribution in [2.75, 3.05) is 25.5 Å². The molecule has 0 bridgehead atoms. The molecule has 31 heavy (non-hydrogen) atoms. The molecule has 0 amide bonds. The smallest absolute Gasteiger partial charge is 0.338 e. The summed E-state index contributed by atoms with van der Waals surface area (Å²) in [5.74, 6) is 0.745. The zero-order valence-electron chi connectivity index (χ0n) is 17.6. The number of likely N-dealkylation sites (tertiary alicyclic amines) is 1. The minimum atomic E-state index is -0.339. The van der Waals surface area contributed by atoms with Crippen LogP contribution in [0.15, 0.2) is 75.9 Å². The van der Waals surface area contributed by atoms with Crippen LogP contribution in [0.3, 0.4) is 0 Å². The maximum atomic E-state index is 12.0. The summed E-state index contributed by atoms with van der Waals surface area (Å²) in [4.78, 5) is 14.5. The van der Waals surface area contributed by atoms with Crippen LogP contribution in [0.25, 0.3) is 21.7 Å². The predicted molar refractivity (Wildman–Crippen MR) is 125 cm³/mol. The van der Waals surface area contributed by atoms with Gasteiger partial charge in [0.1, 0.15) is 11.3 Å². The van der Waals surface area contributed by atoms with Crippen molar-refractivity contribution in [3.05, 3.63) is 82.7 Å². The fourth-order valence-electron chi connectivity index (χ4n) is 4.52. The molecule has 1 fully saturated rings. The van der Waals surface area contributed by atoms with E-state index in [0.29, 0.717) is 11.6 Å². The lowest BCUT2D eigenvalue weighted by molar-refractivity contribution is 0.212. The van der Waals surface area contributed by atoms with Crippen LogP contribution >= 0.6 is 0 Å². The maximum Gasteiger partial charge on any atom is 0.338 e. The molecular weight excluding hydrogens is 388 g/mol. The lowest BCUT2D eigenvalue weighted by Gasteiger charge is -2.33. The van der Waals surface area contributed by atoms with Crippen molar-refractivity contribution in [1.29, 1.82) is 0 Å². The van der Waals surface area contributed by atoms with E-state index in [1.807, 2.05) is 6.07 Å². The number of hydrogen-bond acceptors (Lipinski definition) is 5. The summed E-state index contributed by atoms with van der Waals surface area (Å²) in [5.41, 5.74) is 2.43. The molecule has 0 saturated carbocycles. The highest BCUT2D eigenvalue weighted by Gasteiger charge is 2.21. The Morgan fingerprint density at radius 1 is 1.00 bits per heavy atom. The summed E-state index contributed by atoms with van der Waals surface area (Å²) in [6, 6.07) is 22.5. The quantitative estimate of drug-likeness (QED) is 0.464. The van der Waals surface area contributed by atoms with Gasteiger partial charge >= 0.3 is 5.63 Å². The second-order valence-corrected chi connectivity index (χ2v) is 8.17. The molecule has 0 radical (unpaired) electrons. The zero-order chi connectivity index (χ0) is 21.2. The number of anilines is 1. The Balaban J connectivity index is 1.29. The first-order valence-electron chi connectivity index (χ1n) is 10.8. The molecule has 0 unspecified atom stereocenters. The molecule has 5 heteroatoms. The number of nitrogens with one attached hydrogen (secondary N) is 1. The van der Waals surface area contributed by atoms with Gasteiger partial charge < -0.3 is 14.5 Å². The Labute approximate surface area is 181 Å². The number of rotatable bonds is 5. The van der Waals surface area contributed by atoms with Crippen LogP contribution in [-0.2, 0) is 6.54 Å². The van der Waals surface area contributed by atoms with Crippen molar-refractivity contribution in [2.24, 2.45) is 0 Å². The van der Waals surface area contributed by atoms with Gasteiger partial charge in [0.05, 0.1) is 12.8 Å². The summed E-state index contributed by atoms with van der Waals surface area (Å²) in [6.45, 7) is 3.00. The average Bonchev–Trinajstić information content (AvgIpc) is 2.80. The van der Waals surface area contributed by atoms with Gasteiger partial charge in [0.15, 0.2) is 0 Å². The van der Waals surface area contributed by atoms with E-state index < -0.39 is 0 Å². The van der Waals surface area contributed by atoms with Crippen LogP contribution < -0.4 is 15.7 Å². The molecule has 4 aromatic rings. The van der Waals surface area contributed by atoms with Gasteiger partial charge in [0.25, 0.3) is 0 Å². The average molecular weight is 415 g/mol. The Hall–Kier alpha value is -3.31. The molecule has 5 nitrogen and oxygen atoms in total. The second kappa shape index (κ2) is 8.44. The van der Waals surface area contributed by atoms with Crippen molar-refractivity contribution in [3.63, 3.8) is 0 Å². The first kappa shape index (κ1) is 19.6. The summed E-state index contributed by atoms with van der Waals surface area (Å²) in [7, 11) is 1.64. The molecule has 1 aromatic heterocycles. The minimum absolute atomic E-state index is 0.319. The van der Waals surface area contributed by atoms with Crippen LogP contribution in [-0.4, -0.2) is 31.1 Å². The van der Waals surface area contributed by atoms with E-state index in [9.17, 15) is 4.79 Å². The summed E-state index contributed by atoms with van der Waals surface area (Å²) < 4.78 is 10.7. The van der Waals surface area contributed by atoms with E-state index in [4.69, 9.17) is 9.15 Å². The van der Waals surface area contributed by atoms with Gasteiger partial charge in [-0.15, -0.1) is 0 Å². The standard InChI is InChI=1S/C26H26N2O3/c1-30-21-9-10-25-23(15-21)24(16-26(29)31-25)27-20-11-13-28(14-12-20)17-19-7-4-6-18-5-2-3-8-22(18)19/h2-10,15-16,20,27H,11-14,17H2,1H3. The number of fused-ring (bicyclic) bond motifs is 2. The monoisotopic (exact) mass is 414 g/mol. The van der Waals surface area contributed by atoms with E-state index in [-0.39, 0.29) is 5.63 Å². The van der Waals surface area contributed by atoms with Crippen molar-refractivity contribution >= 4 is 27.4 Å². The Morgan fingerprint density at radius 3 is 2.65 bits per heavy atom. The first-order valence-corrected chi connectivity index (χ1v) is 10.8. The summed E-state index contributed by atoms with van der Waals surface area (Å²) in [6.07, 6.45) is 2.05. The molecule has 1 saturated heterocycles. The van der Waals surface area contributed by atoms with Gasteiger partial charge in [-0.25, -0.2) is 4.79 Å². The van der Waals surface area contributed by atoms with Gasteiger partial charge in [0, 0.05) is 37.1 Å². The second-order valence-electron chi connectivity index (χ2n) is 8.17. The lowest BCUT2D eigenvalue weighted by Crippen LogP contribution is -2.38. The molecule has 0 spiro atoms. The van der Waals surface area contributed by atoms with Gasteiger partial charge in [-0.2, -0.15) is 0 Å². The molecule has 2 heterocycles. The number of piperidine rings is 1. The largest absolute Gasteiger partial charge is 0.497 e. The molecule has 158 valence electrons. The van der Waals surface area contributed by atoms with Crippen LogP contribution in [0.5, 0.6) is 5.75 Å². The third-order valence-corrected chi connectivity index (χ3v) is 6.17. The summed E-state index contributed by atoms with van der Waals surface area (Å²) in [5, 5.41) is 7.09. The van der Waals surface area contributed by atoms with E-state index in [1.54, 1.807) is 25.3 Å². The lowest BCUT2D eigenvalue weighted by atomic mass is 10.0. The molecule has 1 N–H and O–H groups in total. The predicted octanol–water partition coefficient (Wildman–Crippen LogP) is 5.03. The van der Waals surface area contributed by atoms with Crippen LogP contribution in [0.4, 0.5) is 5.69 Å². The fraction of sp³-hybridized carbons (Fsp3) is 0.269. The highest BCUT2D eigenvalue weighted by atomic mass is 16.5. The molecule has 0 atom stereocenters. The minimum Gasteiger partial charge on any atom is -0.497 e. The fourth-order valence-corrected chi connectivity index (χ4v) is 4.52. The van der Waals surface area contributed by atoms with Gasteiger partial charge in [0.2, 0.25) is 0 Å². The van der Waals surface area contributed by atoms with Crippen molar-refractivity contribution < 1.29 is 9.15 Å². The van der Waals surface area contributed by atoms with Gasteiger partial charge in [-0.1, -0.05) is 42.5 Å². The zero-order valence-corrected chi connectivity index (χ0v) is 17.6. The van der Waals surface area contributed by atoms with E-state index in [1.165, 1.54) is 16.3 Å². The normalized spacial score (nSPS) is 15.4. The molecule has 5 rings (SSSR count). The van der Waals surface area contributed by atoms with E-state index in [0.717, 1.165) is 49.3 Å². The van der Waals surface area contributed by atoms with Crippen LogP contribution in [0.2, 0.25) is 0 Å². The van der Waals surface area contributed by atoms with Crippen molar-refractivity contribution in [1.82, 2.24) is 4.90 Å². The van der Waals surface area contributed by atoms with Crippen molar-refractivity contribution in [2.45, 2.75) is 25.4 Å². The molecular formula is C26H26N2O3. The molecule has 1 aliphatic rings. The topological polar surface area (TPSA) is 54.7 Å². The Bertz CT molecular complexity index is 1270. The van der Waals surface area contributed by atoms with Crippen molar-refractivity contribution in [3.8, 4) is 5.75 Å². The van der Waals surface area contributed by atoms with E-state index >= 15 is 0 Å². The molecule has 3 aromatic carbocycles. The van der Waals surface area contributed by atoms with E-state index in [2.05, 4.69) is 52.7 Å². The number of benzene rings is 3. The van der Waals surface area contributed by atoms with Gasteiger partial charge in [-0.05, 0) is 47.4 Å². The third-order valence-electron chi connectivity index (χ3n) is 6.17.